The lowest BCUT2D eigenvalue weighted by molar-refractivity contribution is -0.152. The van der Waals surface area contributed by atoms with Gasteiger partial charge in [0.25, 0.3) is 0 Å². The van der Waals surface area contributed by atoms with Crippen LogP contribution in [-0.2, 0) is 4.79 Å². The Hall–Kier alpha value is -0.830. The van der Waals surface area contributed by atoms with Crippen LogP contribution in [0.2, 0.25) is 0 Å². The van der Waals surface area contributed by atoms with E-state index in [-0.39, 0.29) is 0 Å². The highest BCUT2D eigenvalue weighted by Crippen LogP contribution is 2.33. The second-order valence-corrected chi connectivity index (χ2v) is 5.06. The predicted molar refractivity (Wildman–Crippen MR) is 65.5 cm³/mol. The molecule has 1 aliphatic heterocycles. The highest BCUT2D eigenvalue weighted by Gasteiger charge is 2.40. The number of piperidine rings is 1. The van der Waals surface area contributed by atoms with Crippen molar-refractivity contribution in [1.29, 1.82) is 0 Å². The summed E-state index contributed by atoms with van der Waals surface area (Å²) in [4.78, 5) is 13.6. The molecule has 0 saturated carbocycles. The first-order valence-electron chi connectivity index (χ1n) is 6.09. The number of carbonyl (C=O) groups is 1. The van der Waals surface area contributed by atoms with E-state index < -0.39 is 11.4 Å². The molecule has 0 aromatic carbocycles. The first-order valence-corrected chi connectivity index (χ1v) is 6.09. The van der Waals surface area contributed by atoms with Gasteiger partial charge < -0.3 is 5.11 Å². The number of carboxylic acids is 1. The van der Waals surface area contributed by atoms with Crippen LogP contribution in [0.15, 0.2) is 11.6 Å². The molecule has 1 atom stereocenters. The van der Waals surface area contributed by atoms with Crippen molar-refractivity contribution >= 4 is 5.97 Å². The lowest BCUT2D eigenvalue weighted by Gasteiger charge is -2.39. The molecule has 1 N–H and O–H groups in total. The van der Waals surface area contributed by atoms with Gasteiger partial charge in [-0.1, -0.05) is 18.6 Å². The summed E-state index contributed by atoms with van der Waals surface area (Å²) in [6.45, 7) is 8.75. The molecule has 0 amide bonds. The zero-order valence-corrected chi connectivity index (χ0v) is 10.6. The molecule has 0 radical (unpaired) electrons. The SMILES string of the molecule is CCC1(C(=O)O)CCCN(CC=C(C)C)C1. The summed E-state index contributed by atoms with van der Waals surface area (Å²) in [5.41, 5.74) is 0.788. The summed E-state index contributed by atoms with van der Waals surface area (Å²) < 4.78 is 0. The average Bonchev–Trinajstić information content (AvgIpc) is 2.26. The van der Waals surface area contributed by atoms with Gasteiger partial charge in [0, 0.05) is 13.1 Å². The molecule has 1 heterocycles. The minimum Gasteiger partial charge on any atom is -0.481 e. The minimum atomic E-state index is -0.628. The first-order chi connectivity index (χ1) is 7.50. The number of likely N-dealkylation sites (tertiary alicyclic amines) is 1. The van der Waals surface area contributed by atoms with Gasteiger partial charge in [0.2, 0.25) is 0 Å². The van der Waals surface area contributed by atoms with Crippen molar-refractivity contribution in [1.82, 2.24) is 4.90 Å². The third kappa shape index (κ3) is 3.08. The largest absolute Gasteiger partial charge is 0.481 e. The fourth-order valence-corrected chi connectivity index (χ4v) is 2.31. The highest BCUT2D eigenvalue weighted by atomic mass is 16.4. The molecule has 1 fully saturated rings. The summed E-state index contributed by atoms with van der Waals surface area (Å²) in [6.07, 6.45) is 4.72. The van der Waals surface area contributed by atoms with Crippen LogP contribution in [0.25, 0.3) is 0 Å². The number of nitrogens with zero attached hydrogens (tertiary/aromatic N) is 1. The van der Waals surface area contributed by atoms with E-state index >= 15 is 0 Å². The van der Waals surface area contributed by atoms with Gasteiger partial charge in [-0.05, 0) is 39.7 Å². The van der Waals surface area contributed by atoms with Crippen LogP contribution >= 0.6 is 0 Å². The summed E-state index contributed by atoms with van der Waals surface area (Å²) in [5, 5.41) is 9.34. The quantitative estimate of drug-likeness (QED) is 0.747. The van der Waals surface area contributed by atoms with E-state index in [1.54, 1.807) is 0 Å². The molecule has 0 aliphatic carbocycles. The van der Waals surface area contributed by atoms with E-state index in [9.17, 15) is 9.90 Å². The van der Waals surface area contributed by atoms with Gasteiger partial charge >= 0.3 is 5.97 Å². The Morgan fingerprint density at radius 2 is 2.19 bits per heavy atom. The van der Waals surface area contributed by atoms with Crippen LogP contribution in [0.4, 0.5) is 0 Å². The molecule has 0 spiro atoms. The van der Waals surface area contributed by atoms with Gasteiger partial charge in [-0.2, -0.15) is 0 Å². The normalized spacial score (nSPS) is 26.4. The van der Waals surface area contributed by atoms with Crippen molar-refractivity contribution in [2.24, 2.45) is 5.41 Å². The van der Waals surface area contributed by atoms with E-state index in [2.05, 4.69) is 24.8 Å². The Morgan fingerprint density at radius 1 is 1.50 bits per heavy atom. The van der Waals surface area contributed by atoms with Crippen LogP contribution in [0.5, 0.6) is 0 Å². The van der Waals surface area contributed by atoms with Crippen LogP contribution in [0, 0.1) is 5.41 Å². The molecule has 92 valence electrons. The molecule has 3 heteroatoms. The summed E-state index contributed by atoms with van der Waals surface area (Å²) in [7, 11) is 0. The third-order valence-corrected chi connectivity index (χ3v) is 3.54. The van der Waals surface area contributed by atoms with Crippen LogP contribution in [-0.4, -0.2) is 35.6 Å². The lowest BCUT2D eigenvalue weighted by Crippen LogP contribution is -2.47. The summed E-state index contributed by atoms with van der Waals surface area (Å²) in [6, 6.07) is 0. The maximum absolute atomic E-state index is 11.3. The zero-order chi connectivity index (χ0) is 12.2. The van der Waals surface area contributed by atoms with Crippen molar-refractivity contribution in [2.45, 2.75) is 40.0 Å². The fourth-order valence-electron chi connectivity index (χ4n) is 2.31. The fraction of sp³-hybridized carbons (Fsp3) is 0.769. The number of allylic oxidation sites excluding steroid dienone is 1. The number of aliphatic carboxylic acids is 1. The van der Waals surface area contributed by atoms with Gasteiger partial charge in [-0.25, -0.2) is 0 Å². The molecule has 0 aromatic heterocycles. The highest BCUT2D eigenvalue weighted by molar-refractivity contribution is 5.75. The van der Waals surface area contributed by atoms with E-state index in [0.29, 0.717) is 6.54 Å². The van der Waals surface area contributed by atoms with Crippen LogP contribution in [0.1, 0.15) is 40.0 Å². The smallest absolute Gasteiger partial charge is 0.310 e. The molecule has 3 nitrogen and oxygen atoms in total. The van der Waals surface area contributed by atoms with Gasteiger partial charge in [0.15, 0.2) is 0 Å². The molecule has 1 aliphatic rings. The Morgan fingerprint density at radius 3 is 2.69 bits per heavy atom. The Balaban J connectivity index is 2.65. The molecule has 0 bridgehead atoms. The van der Waals surface area contributed by atoms with Crippen molar-refractivity contribution in [3.05, 3.63) is 11.6 Å². The van der Waals surface area contributed by atoms with Gasteiger partial charge in [-0.3, -0.25) is 9.69 Å². The molecule has 1 unspecified atom stereocenters. The predicted octanol–water partition coefficient (Wildman–Crippen LogP) is 2.53. The minimum absolute atomic E-state index is 0.506. The van der Waals surface area contributed by atoms with Crippen LogP contribution < -0.4 is 0 Å². The maximum Gasteiger partial charge on any atom is 0.310 e. The van der Waals surface area contributed by atoms with E-state index in [0.717, 1.165) is 32.4 Å². The molecular weight excluding hydrogens is 202 g/mol. The van der Waals surface area contributed by atoms with Crippen molar-refractivity contribution in [3.8, 4) is 0 Å². The van der Waals surface area contributed by atoms with Crippen molar-refractivity contribution < 1.29 is 9.90 Å². The number of hydrogen-bond donors (Lipinski definition) is 1. The molecular formula is C13H23NO2. The molecule has 1 rings (SSSR count). The van der Waals surface area contributed by atoms with E-state index in [1.807, 2.05) is 6.92 Å². The topological polar surface area (TPSA) is 40.5 Å². The standard InChI is InChI=1S/C13H23NO2/c1-4-13(12(15)16)7-5-8-14(10-13)9-6-11(2)3/h6H,4-5,7-10H2,1-3H3,(H,15,16). The van der Waals surface area contributed by atoms with E-state index in [1.165, 1.54) is 5.57 Å². The third-order valence-electron chi connectivity index (χ3n) is 3.54. The number of rotatable bonds is 4. The molecule has 1 saturated heterocycles. The van der Waals surface area contributed by atoms with Crippen molar-refractivity contribution in [3.63, 3.8) is 0 Å². The molecule has 0 aromatic rings. The zero-order valence-electron chi connectivity index (χ0n) is 10.6. The van der Waals surface area contributed by atoms with Gasteiger partial charge in [-0.15, -0.1) is 0 Å². The Labute approximate surface area is 98.1 Å². The average molecular weight is 225 g/mol. The number of hydrogen-bond acceptors (Lipinski definition) is 2. The second-order valence-electron chi connectivity index (χ2n) is 5.06. The van der Waals surface area contributed by atoms with Crippen molar-refractivity contribution in [2.75, 3.05) is 19.6 Å². The first kappa shape index (κ1) is 13.2. The van der Waals surface area contributed by atoms with Gasteiger partial charge in [0.05, 0.1) is 5.41 Å². The number of carboxylic acid groups (broad SMARTS) is 1. The molecule has 16 heavy (non-hydrogen) atoms. The van der Waals surface area contributed by atoms with Crippen LogP contribution in [0.3, 0.4) is 0 Å². The second kappa shape index (κ2) is 5.48. The summed E-state index contributed by atoms with van der Waals surface area (Å²) in [5.74, 6) is -0.628. The Bertz CT molecular complexity index is 282. The van der Waals surface area contributed by atoms with Gasteiger partial charge in [0.1, 0.15) is 0 Å². The Kier molecular flexibility index (Phi) is 4.54. The lowest BCUT2D eigenvalue weighted by atomic mass is 9.77. The van der Waals surface area contributed by atoms with E-state index in [4.69, 9.17) is 0 Å². The monoisotopic (exact) mass is 225 g/mol. The summed E-state index contributed by atoms with van der Waals surface area (Å²) >= 11 is 0. The maximum atomic E-state index is 11.3.